The smallest absolute Gasteiger partial charge is 0.411 e. The number of aryl methyl sites for hydroxylation is 1. The van der Waals surface area contributed by atoms with Crippen molar-refractivity contribution in [3.05, 3.63) is 35.4 Å². The Hall–Kier alpha value is -2.04. The van der Waals surface area contributed by atoms with Crippen molar-refractivity contribution in [2.24, 2.45) is 0 Å². The molecule has 0 aromatic heterocycles. The molecule has 1 saturated heterocycles. The summed E-state index contributed by atoms with van der Waals surface area (Å²) in [6.07, 6.45) is -0.459. The predicted octanol–water partition coefficient (Wildman–Crippen LogP) is 2.79. The molecule has 1 N–H and O–H groups in total. The number of carbonyl (C=O) groups is 2. The number of nitrogens with zero attached hydrogens (tertiary/aromatic N) is 1. The molecule has 1 aliphatic heterocycles. The van der Waals surface area contributed by atoms with Gasteiger partial charge in [0.05, 0.1) is 0 Å². The van der Waals surface area contributed by atoms with Gasteiger partial charge in [0.25, 0.3) is 0 Å². The lowest BCUT2D eigenvalue weighted by molar-refractivity contribution is -0.130. The maximum absolute atomic E-state index is 12.5. The van der Waals surface area contributed by atoms with Crippen LogP contribution in [0.3, 0.4) is 0 Å². The van der Waals surface area contributed by atoms with Gasteiger partial charge in [-0.05, 0) is 40.2 Å². The highest BCUT2D eigenvalue weighted by Crippen LogP contribution is 2.27. The van der Waals surface area contributed by atoms with E-state index in [2.05, 4.69) is 5.32 Å². The second-order valence-electron chi connectivity index (χ2n) is 6.86. The van der Waals surface area contributed by atoms with E-state index in [-0.39, 0.29) is 11.9 Å². The summed E-state index contributed by atoms with van der Waals surface area (Å²) in [6.45, 7) is 9.75. The SMILES string of the molecule is Cc1ccc([C@@H]2C(=O)N[C@H](C)CN2C(=O)OC(C)(C)C)cc1. The van der Waals surface area contributed by atoms with Gasteiger partial charge in [0, 0.05) is 12.6 Å². The third-order valence-electron chi connectivity index (χ3n) is 3.44. The maximum Gasteiger partial charge on any atom is 0.411 e. The summed E-state index contributed by atoms with van der Waals surface area (Å²) in [5.41, 5.74) is 1.31. The first-order valence-electron chi connectivity index (χ1n) is 7.54. The lowest BCUT2D eigenvalue weighted by Gasteiger charge is -2.39. The van der Waals surface area contributed by atoms with Gasteiger partial charge in [-0.1, -0.05) is 29.8 Å². The average molecular weight is 304 g/mol. The average Bonchev–Trinajstić information content (AvgIpc) is 2.37. The molecule has 1 aromatic carbocycles. The third-order valence-corrected chi connectivity index (χ3v) is 3.44. The van der Waals surface area contributed by atoms with Gasteiger partial charge in [0.2, 0.25) is 5.91 Å². The van der Waals surface area contributed by atoms with E-state index < -0.39 is 17.7 Å². The monoisotopic (exact) mass is 304 g/mol. The quantitative estimate of drug-likeness (QED) is 0.868. The van der Waals surface area contributed by atoms with Crippen molar-refractivity contribution in [2.75, 3.05) is 6.54 Å². The maximum atomic E-state index is 12.5. The van der Waals surface area contributed by atoms with Gasteiger partial charge in [0.1, 0.15) is 11.6 Å². The Kier molecular flexibility index (Phi) is 4.44. The first-order valence-corrected chi connectivity index (χ1v) is 7.54. The fourth-order valence-corrected chi connectivity index (χ4v) is 2.49. The first kappa shape index (κ1) is 16.3. The van der Waals surface area contributed by atoms with Crippen LogP contribution in [-0.4, -0.2) is 35.1 Å². The Morgan fingerprint density at radius 2 is 1.86 bits per heavy atom. The van der Waals surface area contributed by atoms with Gasteiger partial charge in [-0.25, -0.2) is 4.79 Å². The van der Waals surface area contributed by atoms with Crippen LogP contribution in [0, 0.1) is 6.92 Å². The molecule has 1 fully saturated rings. The Morgan fingerprint density at radius 3 is 2.41 bits per heavy atom. The molecule has 0 bridgehead atoms. The molecule has 0 saturated carbocycles. The highest BCUT2D eigenvalue weighted by Gasteiger charge is 2.38. The van der Waals surface area contributed by atoms with E-state index in [4.69, 9.17) is 4.74 Å². The van der Waals surface area contributed by atoms with Gasteiger partial charge < -0.3 is 10.1 Å². The van der Waals surface area contributed by atoms with Crippen LogP contribution in [0.25, 0.3) is 0 Å². The van der Waals surface area contributed by atoms with E-state index in [0.29, 0.717) is 6.54 Å². The molecule has 2 amide bonds. The summed E-state index contributed by atoms with van der Waals surface area (Å²) >= 11 is 0. The van der Waals surface area contributed by atoms with Gasteiger partial charge in [-0.2, -0.15) is 0 Å². The van der Waals surface area contributed by atoms with Gasteiger partial charge in [-0.15, -0.1) is 0 Å². The zero-order chi connectivity index (χ0) is 16.5. The standard InChI is InChI=1S/C17H24N2O3/c1-11-6-8-13(9-7-11)14-15(20)18-12(2)10-19(14)16(21)22-17(3,4)5/h6-9,12,14H,10H2,1-5H3,(H,18,20)/t12-,14-/m1/s1. The number of hydrogen-bond donors (Lipinski definition) is 1. The summed E-state index contributed by atoms with van der Waals surface area (Å²) < 4.78 is 5.46. The van der Waals surface area contributed by atoms with Gasteiger partial charge >= 0.3 is 6.09 Å². The molecule has 0 radical (unpaired) electrons. The highest BCUT2D eigenvalue weighted by molar-refractivity contribution is 5.88. The molecule has 2 rings (SSSR count). The molecule has 1 aliphatic rings. The van der Waals surface area contributed by atoms with E-state index in [1.165, 1.54) is 4.90 Å². The summed E-state index contributed by atoms with van der Waals surface area (Å²) in [5.74, 6) is -0.173. The zero-order valence-electron chi connectivity index (χ0n) is 13.8. The van der Waals surface area contributed by atoms with Crippen LogP contribution < -0.4 is 5.32 Å². The number of hydrogen-bond acceptors (Lipinski definition) is 3. The molecular formula is C17H24N2O3. The molecule has 5 nitrogen and oxygen atoms in total. The molecule has 120 valence electrons. The molecule has 0 aliphatic carbocycles. The van der Waals surface area contributed by atoms with E-state index in [1.54, 1.807) is 0 Å². The number of nitrogens with one attached hydrogen (secondary N) is 1. The lowest BCUT2D eigenvalue weighted by Crippen LogP contribution is -2.57. The van der Waals surface area contributed by atoms with E-state index in [0.717, 1.165) is 11.1 Å². The fraction of sp³-hybridized carbons (Fsp3) is 0.529. The Morgan fingerprint density at radius 1 is 1.27 bits per heavy atom. The van der Waals surface area contributed by atoms with Crippen molar-refractivity contribution in [1.29, 1.82) is 0 Å². The lowest BCUT2D eigenvalue weighted by atomic mass is 10.00. The van der Waals surface area contributed by atoms with Gasteiger partial charge in [0.15, 0.2) is 0 Å². The van der Waals surface area contributed by atoms with Crippen molar-refractivity contribution >= 4 is 12.0 Å². The topological polar surface area (TPSA) is 58.6 Å². The van der Waals surface area contributed by atoms with Crippen molar-refractivity contribution in [2.45, 2.75) is 52.3 Å². The van der Waals surface area contributed by atoms with Crippen LogP contribution in [0.15, 0.2) is 24.3 Å². The number of piperazine rings is 1. The number of rotatable bonds is 1. The minimum Gasteiger partial charge on any atom is -0.444 e. The van der Waals surface area contributed by atoms with Crippen LogP contribution in [0.4, 0.5) is 4.79 Å². The van der Waals surface area contributed by atoms with Crippen LogP contribution in [-0.2, 0) is 9.53 Å². The van der Waals surface area contributed by atoms with Crippen LogP contribution >= 0.6 is 0 Å². The molecule has 1 heterocycles. The van der Waals surface area contributed by atoms with Crippen molar-refractivity contribution in [3.63, 3.8) is 0 Å². The molecule has 22 heavy (non-hydrogen) atoms. The van der Waals surface area contributed by atoms with Crippen LogP contribution in [0.5, 0.6) is 0 Å². The van der Waals surface area contributed by atoms with E-state index in [9.17, 15) is 9.59 Å². The van der Waals surface area contributed by atoms with Gasteiger partial charge in [-0.3, -0.25) is 9.69 Å². The summed E-state index contributed by atoms with van der Waals surface area (Å²) in [4.78, 5) is 26.4. The fourth-order valence-electron chi connectivity index (χ4n) is 2.49. The predicted molar refractivity (Wildman–Crippen MR) is 84.5 cm³/mol. The minimum atomic E-state index is -0.647. The van der Waals surface area contributed by atoms with E-state index >= 15 is 0 Å². The molecule has 2 atom stereocenters. The summed E-state index contributed by atoms with van der Waals surface area (Å²) in [6, 6.07) is 6.90. The molecule has 0 spiro atoms. The van der Waals surface area contributed by atoms with Crippen LogP contribution in [0.2, 0.25) is 0 Å². The number of amides is 2. The summed E-state index contributed by atoms with van der Waals surface area (Å²) in [7, 11) is 0. The molecule has 1 aromatic rings. The van der Waals surface area contributed by atoms with Crippen molar-refractivity contribution in [1.82, 2.24) is 10.2 Å². The van der Waals surface area contributed by atoms with Crippen molar-refractivity contribution in [3.8, 4) is 0 Å². The van der Waals surface area contributed by atoms with Crippen molar-refractivity contribution < 1.29 is 14.3 Å². The normalized spacial score (nSPS) is 22.2. The summed E-state index contributed by atoms with van der Waals surface area (Å²) in [5, 5.41) is 2.90. The van der Waals surface area contributed by atoms with Crippen LogP contribution in [0.1, 0.15) is 44.9 Å². The Labute approximate surface area is 131 Å². The Balaban J connectivity index is 2.31. The Bertz CT molecular complexity index is 560. The minimum absolute atomic E-state index is 0.0956. The first-order chi connectivity index (χ1) is 10.2. The molecule has 0 unspecified atom stereocenters. The second kappa shape index (κ2) is 5.99. The number of carbonyl (C=O) groups excluding carboxylic acids is 2. The zero-order valence-corrected chi connectivity index (χ0v) is 13.8. The number of ether oxygens (including phenoxy) is 1. The van der Waals surface area contributed by atoms with E-state index in [1.807, 2.05) is 58.9 Å². The third kappa shape index (κ3) is 3.78. The molecular weight excluding hydrogens is 280 g/mol. The highest BCUT2D eigenvalue weighted by atomic mass is 16.6. The molecule has 5 heteroatoms. The second-order valence-corrected chi connectivity index (χ2v) is 6.86. The number of benzene rings is 1. The largest absolute Gasteiger partial charge is 0.444 e.